The van der Waals surface area contributed by atoms with Gasteiger partial charge in [0.2, 0.25) is 5.91 Å². The number of nitrogens with zero attached hydrogens (tertiary/aromatic N) is 1. The van der Waals surface area contributed by atoms with Gasteiger partial charge in [-0.2, -0.15) is 0 Å². The number of thiazole rings is 1. The summed E-state index contributed by atoms with van der Waals surface area (Å²) >= 11 is 3.29. The van der Waals surface area contributed by atoms with Crippen LogP contribution in [0.2, 0.25) is 0 Å². The van der Waals surface area contributed by atoms with Crippen LogP contribution in [0.4, 0.5) is 5.69 Å². The highest BCUT2D eigenvalue weighted by atomic mass is 32.2. The van der Waals surface area contributed by atoms with Crippen LogP contribution in [0.25, 0.3) is 10.2 Å². The Hall–Kier alpha value is -1.85. The fourth-order valence-electron chi connectivity index (χ4n) is 2.29. The normalized spacial score (nSPS) is 10.9. The van der Waals surface area contributed by atoms with E-state index in [0.717, 1.165) is 27.5 Å². The minimum Gasteiger partial charge on any atom is -0.325 e. The lowest BCUT2D eigenvalue weighted by molar-refractivity contribution is -0.113. The number of fused-ring (bicyclic) bond motifs is 1. The van der Waals surface area contributed by atoms with E-state index in [1.165, 1.54) is 10.3 Å². The highest BCUT2D eigenvalue weighted by Crippen LogP contribution is 2.25. The van der Waals surface area contributed by atoms with Crippen LogP contribution in [0.3, 0.4) is 0 Å². The first kappa shape index (κ1) is 16.0. The van der Waals surface area contributed by atoms with Gasteiger partial charge in [-0.3, -0.25) is 4.79 Å². The molecule has 0 saturated carbocycles. The molecular formula is C18H18N2OS2. The Balaban J connectivity index is 1.54. The quantitative estimate of drug-likeness (QED) is 0.725. The van der Waals surface area contributed by atoms with Crippen LogP contribution in [0.15, 0.2) is 42.5 Å². The van der Waals surface area contributed by atoms with Crippen LogP contribution < -0.4 is 5.32 Å². The van der Waals surface area contributed by atoms with Crippen LogP contribution >= 0.6 is 23.1 Å². The van der Waals surface area contributed by atoms with Crippen molar-refractivity contribution in [1.29, 1.82) is 0 Å². The third kappa shape index (κ3) is 3.92. The van der Waals surface area contributed by atoms with Gasteiger partial charge in [0.15, 0.2) is 0 Å². The average molecular weight is 342 g/mol. The van der Waals surface area contributed by atoms with Gasteiger partial charge in [0.05, 0.1) is 16.0 Å². The molecule has 0 aliphatic heterocycles. The predicted octanol–water partition coefficient (Wildman–Crippen LogP) is 4.79. The number of benzene rings is 2. The van der Waals surface area contributed by atoms with Crippen molar-refractivity contribution in [3.63, 3.8) is 0 Å². The SMILES string of the molecule is Cc1cccc(NC(=O)CSCc2nc3ccccc3s2)c1C. The highest BCUT2D eigenvalue weighted by Gasteiger charge is 2.08. The second-order valence-corrected chi connectivity index (χ2v) is 7.46. The van der Waals surface area contributed by atoms with Crippen molar-refractivity contribution in [2.24, 2.45) is 0 Å². The Labute approximate surface area is 144 Å². The molecule has 2 aromatic carbocycles. The predicted molar refractivity (Wildman–Crippen MR) is 100 cm³/mol. The number of para-hydroxylation sites is 1. The van der Waals surface area contributed by atoms with Gasteiger partial charge in [-0.15, -0.1) is 23.1 Å². The second kappa shape index (κ2) is 7.15. The number of anilines is 1. The summed E-state index contributed by atoms with van der Waals surface area (Å²) in [5.74, 6) is 1.23. The largest absolute Gasteiger partial charge is 0.325 e. The molecule has 0 aliphatic rings. The molecule has 3 rings (SSSR count). The Morgan fingerprint density at radius 1 is 1.17 bits per heavy atom. The molecule has 1 amide bonds. The molecule has 23 heavy (non-hydrogen) atoms. The maximum Gasteiger partial charge on any atom is 0.234 e. The lowest BCUT2D eigenvalue weighted by atomic mass is 10.1. The van der Waals surface area contributed by atoms with Gasteiger partial charge < -0.3 is 5.32 Å². The van der Waals surface area contributed by atoms with Crippen LogP contribution in [-0.4, -0.2) is 16.6 Å². The maximum atomic E-state index is 12.1. The number of amides is 1. The van der Waals surface area contributed by atoms with Gasteiger partial charge in [-0.25, -0.2) is 4.98 Å². The van der Waals surface area contributed by atoms with E-state index in [1.54, 1.807) is 23.1 Å². The smallest absolute Gasteiger partial charge is 0.234 e. The average Bonchev–Trinajstić information content (AvgIpc) is 2.94. The van der Waals surface area contributed by atoms with Gasteiger partial charge in [0.25, 0.3) is 0 Å². The number of rotatable bonds is 5. The first-order valence-corrected chi connectivity index (χ1v) is 9.39. The van der Waals surface area contributed by atoms with E-state index in [-0.39, 0.29) is 5.91 Å². The minimum absolute atomic E-state index is 0.0322. The molecular weight excluding hydrogens is 324 g/mol. The fraction of sp³-hybridized carbons (Fsp3) is 0.222. The van der Waals surface area contributed by atoms with E-state index in [9.17, 15) is 4.79 Å². The van der Waals surface area contributed by atoms with E-state index in [1.807, 2.05) is 50.2 Å². The Bertz CT molecular complexity index is 809. The van der Waals surface area contributed by atoms with Crippen molar-refractivity contribution in [3.05, 3.63) is 58.6 Å². The zero-order valence-electron chi connectivity index (χ0n) is 13.1. The van der Waals surface area contributed by atoms with E-state index in [2.05, 4.69) is 16.4 Å². The molecule has 0 spiro atoms. The third-order valence-electron chi connectivity index (χ3n) is 3.68. The molecule has 3 aromatic rings. The molecule has 0 bridgehead atoms. The lowest BCUT2D eigenvalue weighted by Crippen LogP contribution is -2.15. The van der Waals surface area contributed by atoms with Gasteiger partial charge in [0, 0.05) is 11.4 Å². The van der Waals surface area contributed by atoms with E-state index in [4.69, 9.17) is 0 Å². The molecule has 1 N–H and O–H groups in total. The van der Waals surface area contributed by atoms with Crippen molar-refractivity contribution < 1.29 is 4.79 Å². The Morgan fingerprint density at radius 3 is 2.83 bits per heavy atom. The molecule has 3 nitrogen and oxygen atoms in total. The molecule has 0 fully saturated rings. The number of nitrogens with one attached hydrogen (secondary N) is 1. The molecule has 0 aliphatic carbocycles. The van der Waals surface area contributed by atoms with Crippen LogP contribution in [0.5, 0.6) is 0 Å². The summed E-state index contributed by atoms with van der Waals surface area (Å²) in [4.78, 5) is 16.7. The number of carbonyl (C=O) groups excluding carboxylic acids is 1. The Morgan fingerprint density at radius 2 is 2.00 bits per heavy atom. The molecule has 1 aromatic heterocycles. The summed E-state index contributed by atoms with van der Waals surface area (Å²) in [7, 11) is 0. The summed E-state index contributed by atoms with van der Waals surface area (Å²) in [5.41, 5.74) is 4.24. The van der Waals surface area contributed by atoms with Crippen molar-refractivity contribution in [2.45, 2.75) is 19.6 Å². The summed E-state index contributed by atoms with van der Waals surface area (Å²) < 4.78 is 1.20. The number of aryl methyl sites for hydroxylation is 1. The first-order chi connectivity index (χ1) is 11.1. The van der Waals surface area contributed by atoms with Crippen molar-refractivity contribution in [3.8, 4) is 0 Å². The number of hydrogen-bond donors (Lipinski definition) is 1. The zero-order valence-corrected chi connectivity index (χ0v) is 14.8. The lowest BCUT2D eigenvalue weighted by Gasteiger charge is -2.09. The monoisotopic (exact) mass is 342 g/mol. The topological polar surface area (TPSA) is 42.0 Å². The molecule has 0 atom stereocenters. The zero-order chi connectivity index (χ0) is 16.2. The summed E-state index contributed by atoms with van der Waals surface area (Å²) in [6.45, 7) is 4.08. The van der Waals surface area contributed by atoms with E-state index in [0.29, 0.717) is 5.75 Å². The molecule has 5 heteroatoms. The van der Waals surface area contributed by atoms with Gasteiger partial charge >= 0.3 is 0 Å². The fourth-order valence-corrected chi connectivity index (χ4v) is 4.13. The van der Waals surface area contributed by atoms with Crippen LogP contribution in [0.1, 0.15) is 16.1 Å². The van der Waals surface area contributed by atoms with Crippen LogP contribution in [-0.2, 0) is 10.5 Å². The number of hydrogen-bond acceptors (Lipinski definition) is 4. The molecule has 118 valence electrons. The third-order valence-corrected chi connectivity index (χ3v) is 5.84. The van der Waals surface area contributed by atoms with E-state index < -0.39 is 0 Å². The van der Waals surface area contributed by atoms with E-state index >= 15 is 0 Å². The molecule has 0 unspecified atom stereocenters. The standard InChI is InChI=1S/C18H18N2OS2/c1-12-6-5-8-14(13(12)2)19-17(21)10-22-11-18-20-15-7-3-4-9-16(15)23-18/h3-9H,10-11H2,1-2H3,(H,19,21). The number of carbonyl (C=O) groups is 1. The minimum atomic E-state index is 0.0322. The molecule has 0 saturated heterocycles. The Kier molecular flexibility index (Phi) is 4.98. The van der Waals surface area contributed by atoms with Crippen molar-refractivity contribution >= 4 is 44.9 Å². The second-order valence-electron chi connectivity index (χ2n) is 5.36. The van der Waals surface area contributed by atoms with Gasteiger partial charge in [-0.1, -0.05) is 24.3 Å². The maximum absolute atomic E-state index is 12.1. The summed E-state index contributed by atoms with van der Waals surface area (Å²) in [6, 6.07) is 14.1. The number of aromatic nitrogens is 1. The summed E-state index contributed by atoms with van der Waals surface area (Å²) in [5, 5.41) is 4.05. The molecule has 0 radical (unpaired) electrons. The van der Waals surface area contributed by atoms with Gasteiger partial charge in [0.1, 0.15) is 5.01 Å². The van der Waals surface area contributed by atoms with Gasteiger partial charge in [-0.05, 0) is 43.2 Å². The molecule has 1 heterocycles. The number of thioether (sulfide) groups is 1. The highest BCUT2D eigenvalue weighted by molar-refractivity contribution is 7.99. The van der Waals surface area contributed by atoms with Crippen LogP contribution in [0, 0.1) is 13.8 Å². The summed E-state index contributed by atoms with van der Waals surface area (Å²) in [6.07, 6.45) is 0. The van der Waals surface area contributed by atoms with Crippen molar-refractivity contribution in [1.82, 2.24) is 4.98 Å². The first-order valence-electron chi connectivity index (χ1n) is 7.42. The van der Waals surface area contributed by atoms with Crippen molar-refractivity contribution in [2.75, 3.05) is 11.1 Å².